The summed E-state index contributed by atoms with van der Waals surface area (Å²) < 4.78 is 0. The Morgan fingerprint density at radius 1 is 1.40 bits per heavy atom. The van der Waals surface area contributed by atoms with Crippen molar-refractivity contribution < 1.29 is 14.7 Å². The second-order valence-corrected chi connectivity index (χ2v) is 4.93. The minimum absolute atomic E-state index is 0.0370. The van der Waals surface area contributed by atoms with Crippen LogP contribution in [-0.2, 0) is 4.79 Å². The monoisotopic (exact) mass is 279 g/mol. The molecule has 0 saturated carbocycles. The molecule has 6 heteroatoms. The van der Waals surface area contributed by atoms with E-state index in [1.165, 1.54) is 6.07 Å². The maximum absolute atomic E-state index is 12.3. The Bertz CT molecular complexity index is 488. The van der Waals surface area contributed by atoms with Gasteiger partial charge >= 0.3 is 5.97 Å². The molecule has 110 valence electrons. The number of rotatable bonds is 6. The predicted octanol–water partition coefficient (Wildman–Crippen LogP) is 1.69. The van der Waals surface area contributed by atoms with E-state index in [-0.39, 0.29) is 17.5 Å². The molecule has 1 atom stereocenters. The standard InChI is InChI=1S/C14H21N3O3/c1-5-17(4)13(18)12(9(2)3)16-11-8-6-7-10(15-11)14(19)20/h6-9,12H,5H2,1-4H3,(H,15,16)(H,19,20)/t12-/m0/s1. The molecular weight excluding hydrogens is 258 g/mol. The van der Waals surface area contributed by atoms with Gasteiger partial charge in [0.1, 0.15) is 11.9 Å². The van der Waals surface area contributed by atoms with Crippen molar-refractivity contribution in [3.63, 3.8) is 0 Å². The number of carboxylic acids is 1. The fraction of sp³-hybridized carbons (Fsp3) is 0.500. The topological polar surface area (TPSA) is 82.5 Å². The summed E-state index contributed by atoms with van der Waals surface area (Å²) in [6.45, 7) is 6.38. The van der Waals surface area contributed by atoms with Crippen LogP contribution in [0, 0.1) is 5.92 Å². The molecular formula is C14H21N3O3. The van der Waals surface area contributed by atoms with Crippen LogP contribution in [0.2, 0.25) is 0 Å². The number of likely N-dealkylation sites (N-methyl/N-ethyl adjacent to an activating group) is 1. The van der Waals surface area contributed by atoms with E-state index in [0.29, 0.717) is 12.4 Å². The van der Waals surface area contributed by atoms with Gasteiger partial charge in [0, 0.05) is 13.6 Å². The fourth-order valence-corrected chi connectivity index (χ4v) is 1.70. The summed E-state index contributed by atoms with van der Waals surface area (Å²) in [4.78, 5) is 28.8. The smallest absolute Gasteiger partial charge is 0.354 e. The Morgan fingerprint density at radius 3 is 2.55 bits per heavy atom. The van der Waals surface area contributed by atoms with Crippen LogP contribution in [0.15, 0.2) is 18.2 Å². The van der Waals surface area contributed by atoms with Crippen molar-refractivity contribution in [1.82, 2.24) is 9.88 Å². The van der Waals surface area contributed by atoms with Crippen molar-refractivity contribution >= 4 is 17.7 Å². The molecule has 0 unspecified atom stereocenters. The Kier molecular flexibility index (Phi) is 5.49. The van der Waals surface area contributed by atoms with Gasteiger partial charge in [0.25, 0.3) is 0 Å². The van der Waals surface area contributed by atoms with E-state index in [9.17, 15) is 9.59 Å². The summed E-state index contributed by atoms with van der Waals surface area (Å²) in [6.07, 6.45) is 0. The first-order chi connectivity index (χ1) is 9.36. The summed E-state index contributed by atoms with van der Waals surface area (Å²) in [5.41, 5.74) is -0.0474. The van der Waals surface area contributed by atoms with Crippen LogP contribution in [-0.4, -0.2) is 46.5 Å². The number of aromatic carboxylic acids is 1. The zero-order chi connectivity index (χ0) is 15.3. The zero-order valence-electron chi connectivity index (χ0n) is 12.3. The number of nitrogens with one attached hydrogen (secondary N) is 1. The SMILES string of the molecule is CCN(C)C(=O)[C@@H](Nc1cccc(C(=O)O)n1)C(C)C. The quantitative estimate of drug-likeness (QED) is 0.828. The first kappa shape index (κ1) is 15.9. The molecule has 0 aliphatic carbocycles. The number of aromatic nitrogens is 1. The lowest BCUT2D eigenvalue weighted by Crippen LogP contribution is -2.44. The largest absolute Gasteiger partial charge is 0.477 e. The molecule has 0 saturated heterocycles. The number of hydrogen-bond donors (Lipinski definition) is 2. The first-order valence-corrected chi connectivity index (χ1v) is 6.58. The molecule has 0 radical (unpaired) electrons. The van der Waals surface area contributed by atoms with E-state index < -0.39 is 12.0 Å². The summed E-state index contributed by atoms with van der Waals surface area (Å²) in [6, 6.07) is 4.24. The lowest BCUT2D eigenvalue weighted by molar-refractivity contribution is -0.131. The minimum atomic E-state index is -1.09. The first-order valence-electron chi connectivity index (χ1n) is 6.58. The molecule has 1 aromatic heterocycles. The number of hydrogen-bond acceptors (Lipinski definition) is 4. The molecule has 1 heterocycles. The number of carbonyl (C=O) groups is 2. The maximum atomic E-state index is 12.3. The van der Waals surface area contributed by atoms with Gasteiger partial charge in [0.15, 0.2) is 5.69 Å². The summed E-state index contributed by atoms with van der Waals surface area (Å²) in [7, 11) is 1.74. The van der Waals surface area contributed by atoms with Crippen LogP contribution in [0.1, 0.15) is 31.3 Å². The molecule has 2 N–H and O–H groups in total. The van der Waals surface area contributed by atoms with Crippen molar-refractivity contribution in [2.24, 2.45) is 5.92 Å². The third kappa shape index (κ3) is 3.94. The van der Waals surface area contributed by atoms with Crippen LogP contribution < -0.4 is 5.32 Å². The Hall–Kier alpha value is -2.11. The molecule has 1 aromatic rings. The van der Waals surface area contributed by atoms with E-state index in [0.717, 1.165) is 0 Å². The fourth-order valence-electron chi connectivity index (χ4n) is 1.70. The summed E-state index contributed by atoms with van der Waals surface area (Å²) in [5.74, 6) is -0.676. The van der Waals surface area contributed by atoms with Gasteiger partial charge in [-0.1, -0.05) is 19.9 Å². The molecule has 1 rings (SSSR count). The molecule has 0 fully saturated rings. The third-order valence-corrected chi connectivity index (χ3v) is 3.05. The van der Waals surface area contributed by atoms with Gasteiger partial charge in [0.2, 0.25) is 5.91 Å². The Labute approximate surface area is 118 Å². The average Bonchev–Trinajstić information content (AvgIpc) is 2.43. The van der Waals surface area contributed by atoms with E-state index in [1.807, 2.05) is 20.8 Å². The zero-order valence-corrected chi connectivity index (χ0v) is 12.3. The summed E-state index contributed by atoms with van der Waals surface area (Å²) >= 11 is 0. The van der Waals surface area contributed by atoms with Gasteiger partial charge in [-0.25, -0.2) is 9.78 Å². The lowest BCUT2D eigenvalue weighted by atomic mass is 10.0. The minimum Gasteiger partial charge on any atom is -0.477 e. The molecule has 0 spiro atoms. The van der Waals surface area contributed by atoms with Crippen LogP contribution in [0.3, 0.4) is 0 Å². The highest BCUT2D eigenvalue weighted by molar-refractivity contribution is 5.86. The number of nitrogens with zero attached hydrogens (tertiary/aromatic N) is 2. The third-order valence-electron chi connectivity index (χ3n) is 3.05. The van der Waals surface area contributed by atoms with Crippen molar-refractivity contribution in [2.45, 2.75) is 26.8 Å². The van der Waals surface area contributed by atoms with Gasteiger partial charge in [0.05, 0.1) is 0 Å². The van der Waals surface area contributed by atoms with Gasteiger partial charge in [-0.2, -0.15) is 0 Å². The second-order valence-electron chi connectivity index (χ2n) is 4.93. The second kappa shape index (κ2) is 6.88. The van der Waals surface area contributed by atoms with Gasteiger partial charge in [-0.05, 0) is 25.0 Å². The maximum Gasteiger partial charge on any atom is 0.354 e. The number of carboxylic acid groups (broad SMARTS) is 1. The molecule has 0 aliphatic heterocycles. The van der Waals surface area contributed by atoms with E-state index in [2.05, 4.69) is 10.3 Å². The number of amides is 1. The van der Waals surface area contributed by atoms with E-state index in [4.69, 9.17) is 5.11 Å². The molecule has 0 bridgehead atoms. The highest BCUT2D eigenvalue weighted by Gasteiger charge is 2.25. The molecule has 20 heavy (non-hydrogen) atoms. The van der Waals surface area contributed by atoms with Crippen LogP contribution >= 0.6 is 0 Å². The van der Waals surface area contributed by atoms with Crippen molar-refractivity contribution in [3.05, 3.63) is 23.9 Å². The predicted molar refractivity (Wildman–Crippen MR) is 76.8 cm³/mol. The van der Waals surface area contributed by atoms with Crippen LogP contribution in [0.5, 0.6) is 0 Å². The lowest BCUT2D eigenvalue weighted by Gasteiger charge is -2.26. The Morgan fingerprint density at radius 2 is 2.05 bits per heavy atom. The molecule has 6 nitrogen and oxygen atoms in total. The van der Waals surface area contributed by atoms with E-state index in [1.54, 1.807) is 24.1 Å². The van der Waals surface area contributed by atoms with Gasteiger partial charge in [-0.15, -0.1) is 0 Å². The van der Waals surface area contributed by atoms with Crippen molar-refractivity contribution in [2.75, 3.05) is 18.9 Å². The average molecular weight is 279 g/mol. The molecule has 1 amide bonds. The Balaban J connectivity index is 2.94. The number of carbonyl (C=O) groups excluding carboxylic acids is 1. The number of pyridine rings is 1. The molecule has 0 aromatic carbocycles. The highest BCUT2D eigenvalue weighted by Crippen LogP contribution is 2.13. The molecule has 0 aliphatic rings. The van der Waals surface area contributed by atoms with Gasteiger partial charge < -0.3 is 15.3 Å². The van der Waals surface area contributed by atoms with Crippen molar-refractivity contribution in [3.8, 4) is 0 Å². The normalized spacial score (nSPS) is 12.1. The van der Waals surface area contributed by atoms with Crippen LogP contribution in [0.25, 0.3) is 0 Å². The van der Waals surface area contributed by atoms with Gasteiger partial charge in [-0.3, -0.25) is 4.79 Å². The van der Waals surface area contributed by atoms with Crippen molar-refractivity contribution in [1.29, 1.82) is 0 Å². The highest BCUT2D eigenvalue weighted by atomic mass is 16.4. The summed E-state index contributed by atoms with van der Waals surface area (Å²) in [5, 5.41) is 11.9. The van der Waals surface area contributed by atoms with Crippen LogP contribution in [0.4, 0.5) is 5.82 Å². The number of anilines is 1. The van der Waals surface area contributed by atoms with E-state index >= 15 is 0 Å².